The van der Waals surface area contributed by atoms with Crippen LogP contribution in [0.15, 0.2) is 54.7 Å². The quantitative estimate of drug-likeness (QED) is 0.327. The zero-order chi connectivity index (χ0) is 20.1. The summed E-state index contributed by atoms with van der Waals surface area (Å²) in [6.07, 6.45) is 5.26. The number of benzene rings is 2. The maximum atomic E-state index is 11.9. The van der Waals surface area contributed by atoms with E-state index in [9.17, 15) is 13.2 Å². The predicted molar refractivity (Wildman–Crippen MR) is 108 cm³/mol. The van der Waals surface area contributed by atoms with Gasteiger partial charge in [-0.3, -0.25) is 4.18 Å². The van der Waals surface area contributed by atoms with Gasteiger partial charge in [0.15, 0.2) is 0 Å². The molecule has 0 aliphatic rings. The van der Waals surface area contributed by atoms with Crippen molar-refractivity contribution in [3.63, 3.8) is 0 Å². The van der Waals surface area contributed by atoms with Crippen LogP contribution >= 0.6 is 0 Å². The Bertz CT molecular complexity index is 1070. The number of fused-ring (bicyclic) bond motifs is 1. The Hall–Kier alpha value is -2.64. The summed E-state index contributed by atoms with van der Waals surface area (Å²) in [6.45, 7) is 0.170. The SMILES string of the molecule is COC(=O)c1ccc2c(c1)c(CCCCOS(C)(=O)=O)cn2-c1ccccc1. The Morgan fingerprint density at radius 1 is 1.07 bits per heavy atom. The lowest BCUT2D eigenvalue weighted by molar-refractivity contribution is 0.0601. The number of methoxy groups -OCH3 is 1. The standard InChI is InChI=1S/C21H23NO5S/c1-26-21(23)16-11-12-20-19(14-16)17(8-6-7-13-27-28(2,24)25)15-22(20)18-9-4-3-5-10-18/h3-5,9-12,14-15H,6-8,13H2,1-2H3. The maximum absolute atomic E-state index is 11.9. The van der Waals surface area contributed by atoms with Gasteiger partial charge >= 0.3 is 5.97 Å². The molecule has 0 spiro atoms. The van der Waals surface area contributed by atoms with E-state index in [0.717, 1.165) is 41.3 Å². The van der Waals surface area contributed by atoms with Gasteiger partial charge in [0.05, 0.1) is 31.1 Å². The van der Waals surface area contributed by atoms with Crippen LogP contribution in [0.1, 0.15) is 28.8 Å². The minimum Gasteiger partial charge on any atom is -0.465 e. The molecule has 2 aromatic carbocycles. The molecule has 3 rings (SSSR count). The molecule has 0 aliphatic heterocycles. The van der Waals surface area contributed by atoms with Gasteiger partial charge in [-0.05, 0) is 55.2 Å². The van der Waals surface area contributed by atoms with E-state index in [-0.39, 0.29) is 12.6 Å². The van der Waals surface area contributed by atoms with Crippen LogP contribution < -0.4 is 0 Å². The number of nitrogens with zero attached hydrogens (tertiary/aromatic N) is 1. The number of carbonyl (C=O) groups is 1. The fraction of sp³-hybridized carbons (Fsp3) is 0.286. The summed E-state index contributed by atoms with van der Waals surface area (Å²) in [4.78, 5) is 11.9. The molecule has 28 heavy (non-hydrogen) atoms. The molecule has 0 saturated carbocycles. The number of hydrogen-bond acceptors (Lipinski definition) is 5. The Balaban J connectivity index is 1.90. The molecule has 0 saturated heterocycles. The summed E-state index contributed by atoms with van der Waals surface area (Å²) in [5, 5.41) is 0.982. The van der Waals surface area contributed by atoms with Crippen LogP contribution in [0.25, 0.3) is 16.6 Å². The Kier molecular flexibility index (Phi) is 6.16. The molecule has 0 aliphatic carbocycles. The molecular weight excluding hydrogens is 378 g/mol. The second-order valence-corrected chi connectivity index (χ2v) is 8.21. The predicted octanol–water partition coefficient (Wildman–Crippen LogP) is 3.72. The maximum Gasteiger partial charge on any atom is 0.337 e. The Labute approximate surface area is 164 Å². The van der Waals surface area contributed by atoms with E-state index in [1.54, 1.807) is 6.07 Å². The molecule has 0 atom stereocenters. The van der Waals surface area contributed by atoms with Gasteiger partial charge in [-0.2, -0.15) is 8.42 Å². The molecule has 0 N–H and O–H groups in total. The van der Waals surface area contributed by atoms with Crippen LogP contribution in [0.3, 0.4) is 0 Å². The number of rotatable bonds is 8. The molecule has 0 fully saturated rings. The lowest BCUT2D eigenvalue weighted by Gasteiger charge is -2.05. The molecule has 1 aromatic heterocycles. The van der Waals surface area contributed by atoms with Crippen LogP contribution in [0.4, 0.5) is 0 Å². The number of unbranched alkanes of at least 4 members (excludes halogenated alkanes) is 1. The van der Waals surface area contributed by atoms with E-state index in [1.807, 2.05) is 42.5 Å². The van der Waals surface area contributed by atoms with Crippen molar-refractivity contribution in [3.05, 3.63) is 65.9 Å². The van der Waals surface area contributed by atoms with Crippen molar-refractivity contribution in [1.29, 1.82) is 0 Å². The number of aryl methyl sites for hydroxylation is 1. The second-order valence-electron chi connectivity index (χ2n) is 6.57. The third kappa shape index (κ3) is 4.79. The van der Waals surface area contributed by atoms with Gasteiger partial charge in [0.25, 0.3) is 10.1 Å². The van der Waals surface area contributed by atoms with Gasteiger partial charge in [0.1, 0.15) is 0 Å². The largest absolute Gasteiger partial charge is 0.465 e. The number of ether oxygens (including phenoxy) is 1. The number of esters is 1. The first-order chi connectivity index (χ1) is 13.4. The van der Waals surface area contributed by atoms with Crippen molar-refractivity contribution < 1.29 is 22.1 Å². The zero-order valence-electron chi connectivity index (χ0n) is 15.9. The van der Waals surface area contributed by atoms with Gasteiger partial charge < -0.3 is 9.30 Å². The van der Waals surface area contributed by atoms with Crippen molar-refractivity contribution >= 4 is 27.0 Å². The first kappa shape index (κ1) is 20.1. The number of aromatic nitrogens is 1. The van der Waals surface area contributed by atoms with E-state index < -0.39 is 10.1 Å². The molecular formula is C21H23NO5S. The third-order valence-electron chi connectivity index (χ3n) is 4.48. The minimum atomic E-state index is -3.41. The smallest absolute Gasteiger partial charge is 0.337 e. The van der Waals surface area contributed by atoms with Crippen molar-refractivity contribution in [2.45, 2.75) is 19.3 Å². The zero-order valence-corrected chi connectivity index (χ0v) is 16.7. The third-order valence-corrected chi connectivity index (χ3v) is 5.08. The van der Waals surface area contributed by atoms with E-state index in [0.29, 0.717) is 12.0 Å². The van der Waals surface area contributed by atoms with Crippen molar-refractivity contribution in [1.82, 2.24) is 4.57 Å². The molecule has 0 bridgehead atoms. The van der Waals surface area contributed by atoms with Crippen LogP contribution in [-0.2, 0) is 25.5 Å². The summed E-state index contributed by atoms with van der Waals surface area (Å²) < 4.78 is 33.9. The lowest BCUT2D eigenvalue weighted by Crippen LogP contribution is -2.04. The van der Waals surface area contributed by atoms with Gasteiger partial charge in [-0.25, -0.2) is 4.79 Å². The first-order valence-corrected chi connectivity index (χ1v) is 10.8. The molecule has 0 radical (unpaired) electrons. The Morgan fingerprint density at radius 2 is 1.82 bits per heavy atom. The fourth-order valence-corrected chi connectivity index (χ4v) is 3.59. The highest BCUT2D eigenvalue weighted by Gasteiger charge is 2.14. The van der Waals surface area contributed by atoms with Crippen LogP contribution in [0, 0.1) is 0 Å². The van der Waals surface area contributed by atoms with Crippen molar-refractivity contribution in [2.24, 2.45) is 0 Å². The average Bonchev–Trinajstić information content (AvgIpc) is 3.05. The van der Waals surface area contributed by atoms with E-state index in [1.165, 1.54) is 7.11 Å². The van der Waals surface area contributed by atoms with Gasteiger partial charge in [-0.15, -0.1) is 0 Å². The van der Waals surface area contributed by atoms with Gasteiger partial charge in [-0.1, -0.05) is 18.2 Å². The van der Waals surface area contributed by atoms with E-state index in [2.05, 4.69) is 10.8 Å². The van der Waals surface area contributed by atoms with Crippen LogP contribution in [0.2, 0.25) is 0 Å². The monoisotopic (exact) mass is 401 g/mol. The van der Waals surface area contributed by atoms with Gasteiger partial charge in [0.2, 0.25) is 0 Å². The topological polar surface area (TPSA) is 74.6 Å². The molecule has 1 heterocycles. The highest BCUT2D eigenvalue weighted by atomic mass is 32.2. The molecule has 6 nitrogen and oxygen atoms in total. The number of hydrogen-bond donors (Lipinski definition) is 0. The molecule has 0 amide bonds. The molecule has 7 heteroatoms. The van der Waals surface area contributed by atoms with Gasteiger partial charge in [0, 0.05) is 17.3 Å². The number of carbonyl (C=O) groups excluding carboxylic acids is 1. The minimum absolute atomic E-state index is 0.170. The molecule has 148 valence electrons. The van der Waals surface area contributed by atoms with Crippen LogP contribution in [0.5, 0.6) is 0 Å². The van der Waals surface area contributed by atoms with Crippen LogP contribution in [-0.4, -0.2) is 38.9 Å². The van der Waals surface area contributed by atoms with E-state index in [4.69, 9.17) is 8.92 Å². The second kappa shape index (κ2) is 8.58. The normalized spacial score (nSPS) is 11.6. The summed E-state index contributed by atoms with van der Waals surface area (Å²) in [7, 11) is -2.04. The average molecular weight is 401 g/mol. The fourth-order valence-electron chi connectivity index (χ4n) is 3.17. The first-order valence-electron chi connectivity index (χ1n) is 9.01. The lowest BCUT2D eigenvalue weighted by atomic mass is 10.1. The highest BCUT2D eigenvalue weighted by molar-refractivity contribution is 7.85. The highest BCUT2D eigenvalue weighted by Crippen LogP contribution is 2.27. The summed E-state index contributed by atoms with van der Waals surface area (Å²) in [5.74, 6) is -0.373. The van der Waals surface area contributed by atoms with Crippen molar-refractivity contribution in [3.8, 4) is 5.69 Å². The molecule has 3 aromatic rings. The number of para-hydroxylation sites is 1. The Morgan fingerprint density at radius 3 is 2.50 bits per heavy atom. The molecule has 0 unspecified atom stereocenters. The summed E-state index contributed by atoms with van der Waals surface area (Å²) in [6, 6.07) is 15.5. The van der Waals surface area contributed by atoms with Crippen molar-refractivity contribution in [2.75, 3.05) is 20.0 Å². The van der Waals surface area contributed by atoms with E-state index >= 15 is 0 Å². The summed E-state index contributed by atoms with van der Waals surface area (Å²) in [5.41, 5.74) is 3.62. The summed E-state index contributed by atoms with van der Waals surface area (Å²) >= 11 is 0.